The summed E-state index contributed by atoms with van der Waals surface area (Å²) in [6.45, 7) is 0.421. The summed E-state index contributed by atoms with van der Waals surface area (Å²) in [5.74, 6) is 1.64. The van der Waals surface area contributed by atoms with Crippen molar-refractivity contribution in [3.05, 3.63) is 96.7 Å². The van der Waals surface area contributed by atoms with Crippen molar-refractivity contribution < 1.29 is 14.3 Å². The number of benzene rings is 2. The molecule has 3 heterocycles. The number of amides is 1. The fourth-order valence-corrected chi connectivity index (χ4v) is 3.81. The molecule has 0 spiro atoms. The first-order valence-electron chi connectivity index (χ1n) is 11.2. The minimum absolute atomic E-state index is 0.166. The maximum Gasteiger partial charge on any atom is 0.251 e. The molecular weight excluding hydrogens is 456 g/mol. The topological polar surface area (TPSA) is 103 Å². The molecule has 0 bridgehead atoms. The van der Waals surface area contributed by atoms with Gasteiger partial charge in [0.15, 0.2) is 23.0 Å². The fraction of sp³-hybridized carbons (Fsp3) is 0.111. The second-order valence-corrected chi connectivity index (χ2v) is 7.95. The second-order valence-electron chi connectivity index (χ2n) is 7.95. The van der Waals surface area contributed by atoms with Crippen LogP contribution in [0.4, 0.5) is 11.5 Å². The Balaban J connectivity index is 1.43. The van der Waals surface area contributed by atoms with E-state index in [1.54, 1.807) is 38.9 Å². The van der Waals surface area contributed by atoms with Gasteiger partial charge >= 0.3 is 0 Å². The van der Waals surface area contributed by atoms with Crippen LogP contribution in [-0.4, -0.2) is 39.5 Å². The van der Waals surface area contributed by atoms with Crippen molar-refractivity contribution in [1.82, 2.24) is 24.7 Å². The molecule has 0 unspecified atom stereocenters. The number of carbonyl (C=O) groups is 1. The molecule has 9 nitrogen and oxygen atoms in total. The highest BCUT2D eigenvalue weighted by molar-refractivity contribution is 5.95. The van der Waals surface area contributed by atoms with Gasteiger partial charge in [0, 0.05) is 60.4 Å². The zero-order chi connectivity index (χ0) is 24.9. The first-order valence-corrected chi connectivity index (χ1v) is 11.2. The lowest BCUT2D eigenvalue weighted by Crippen LogP contribution is -2.22. The Labute approximate surface area is 207 Å². The number of aromatic nitrogens is 4. The van der Waals surface area contributed by atoms with Crippen molar-refractivity contribution in [2.75, 3.05) is 19.5 Å². The largest absolute Gasteiger partial charge is 0.493 e. The number of pyridine rings is 1. The van der Waals surface area contributed by atoms with Crippen LogP contribution in [0.3, 0.4) is 0 Å². The molecule has 0 aliphatic rings. The van der Waals surface area contributed by atoms with Crippen LogP contribution in [-0.2, 0) is 6.54 Å². The summed E-state index contributed by atoms with van der Waals surface area (Å²) in [5.41, 5.74) is 4.45. The molecule has 0 atom stereocenters. The van der Waals surface area contributed by atoms with E-state index >= 15 is 0 Å². The van der Waals surface area contributed by atoms with Gasteiger partial charge in [-0.15, -0.1) is 0 Å². The second kappa shape index (κ2) is 10.1. The van der Waals surface area contributed by atoms with E-state index in [2.05, 4.69) is 20.6 Å². The highest BCUT2D eigenvalue weighted by atomic mass is 16.5. The van der Waals surface area contributed by atoms with E-state index in [1.165, 1.54) is 0 Å². The number of ether oxygens (including phenoxy) is 2. The van der Waals surface area contributed by atoms with E-state index in [9.17, 15) is 4.79 Å². The minimum Gasteiger partial charge on any atom is -0.493 e. The number of nitrogens with zero attached hydrogens (tertiary/aromatic N) is 4. The number of imidazole rings is 1. The normalized spacial score (nSPS) is 10.7. The van der Waals surface area contributed by atoms with E-state index in [4.69, 9.17) is 14.5 Å². The van der Waals surface area contributed by atoms with Crippen LogP contribution in [0.15, 0.2) is 85.6 Å². The Morgan fingerprint density at radius 1 is 0.972 bits per heavy atom. The standard InChI is InChI=1S/C27H24N6O3/c1-35-23-7-6-21(15-24(23)36-2)31-25-26-29-12-13-33(26)17-22(32-25)19-4-3-5-20(14-19)27(34)30-16-18-8-10-28-11-9-18/h3-15,17H,16H2,1-2H3,(H,30,34)(H,31,32). The predicted octanol–water partition coefficient (Wildman–Crippen LogP) is 4.48. The monoisotopic (exact) mass is 480 g/mol. The van der Waals surface area contributed by atoms with Gasteiger partial charge in [0.2, 0.25) is 0 Å². The number of rotatable bonds is 8. The van der Waals surface area contributed by atoms with Gasteiger partial charge in [-0.25, -0.2) is 9.97 Å². The molecule has 1 amide bonds. The molecule has 0 saturated carbocycles. The van der Waals surface area contributed by atoms with Gasteiger partial charge < -0.3 is 24.5 Å². The first-order chi connectivity index (χ1) is 17.6. The summed E-state index contributed by atoms with van der Waals surface area (Å²) in [6, 6.07) is 16.6. The number of hydrogen-bond donors (Lipinski definition) is 2. The summed E-state index contributed by atoms with van der Waals surface area (Å²) in [4.78, 5) is 26.1. The first kappa shape index (κ1) is 22.9. The van der Waals surface area contributed by atoms with E-state index in [1.807, 2.05) is 65.3 Å². The molecule has 2 aromatic carbocycles. The Morgan fingerprint density at radius 2 is 1.81 bits per heavy atom. The van der Waals surface area contributed by atoms with E-state index in [0.717, 1.165) is 16.8 Å². The molecule has 2 N–H and O–H groups in total. The van der Waals surface area contributed by atoms with Crippen LogP contribution in [0.2, 0.25) is 0 Å². The SMILES string of the molecule is COc1ccc(Nc2nc(-c3cccc(C(=O)NCc4ccncc4)c3)cn3ccnc23)cc1OC. The molecule has 0 fully saturated rings. The Kier molecular flexibility index (Phi) is 6.44. The number of methoxy groups -OCH3 is 2. The summed E-state index contributed by atoms with van der Waals surface area (Å²) in [7, 11) is 3.19. The predicted molar refractivity (Wildman–Crippen MR) is 137 cm³/mol. The van der Waals surface area contributed by atoms with E-state index < -0.39 is 0 Å². The quantitative estimate of drug-likeness (QED) is 0.338. The van der Waals surface area contributed by atoms with Crippen molar-refractivity contribution >= 4 is 23.1 Å². The van der Waals surface area contributed by atoms with Crippen LogP contribution >= 0.6 is 0 Å². The zero-order valence-corrected chi connectivity index (χ0v) is 19.8. The third-order valence-electron chi connectivity index (χ3n) is 5.64. The molecule has 3 aromatic heterocycles. The summed E-state index contributed by atoms with van der Waals surface area (Å²) < 4.78 is 12.6. The molecule has 180 valence electrons. The van der Waals surface area contributed by atoms with Crippen molar-refractivity contribution in [2.45, 2.75) is 6.54 Å². The number of fused-ring (bicyclic) bond motifs is 1. The smallest absolute Gasteiger partial charge is 0.251 e. The Hall–Kier alpha value is -4.92. The Morgan fingerprint density at radius 3 is 2.61 bits per heavy atom. The Bertz CT molecular complexity index is 1520. The maximum absolute atomic E-state index is 12.8. The molecule has 5 aromatic rings. The molecule has 5 rings (SSSR count). The van der Waals surface area contributed by atoms with Crippen LogP contribution in [0.5, 0.6) is 11.5 Å². The summed E-state index contributed by atoms with van der Waals surface area (Å²) >= 11 is 0. The van der Waals surface area contributed by atoms with Crippen LogP contribution in [0, 0.1) is 0 Å². The number of carbonyl (C=O) groups excluding carboxylic acids is 1. The third-order valence-corrected chi connectivity index (χ3v) is 5.64. The highest BCUT2D eigenvalue weighted by Gasteiger charge is 2.13. The van der Waals surface area contributed by atoms with Crippen molar-refractivity contribution in [3.8, 4) is 22.8 Å². The van der Waals surface area contributed by atoms with E-state index in [0.29, 0.717) is 40.8 Å². The molecular formula is C27H24N6O3. The number of nitrogens with one attached hydrogen (secondary N) is 2. The lowest BCUT2D eigenvalue weighted by atomic mass is 10.1. The molecule has 9 heteroatoms. The van der Waals surface area contributed by atoms with E-state index in [-0.39, 0.29) is 5.91 Å². The maximum atomic E-state index is 12.8. The van der Waals surface area contributed by atoms with Gasteiger partial charge in [-0.3, -0.25) is 9.78 Å². The van der Waals surface area contributed by atoms with Gasteiger partial charge in [0.05, 0.1) is 19.9 Å². The number of hydrogen-bond acceptors (Lipinski definition) is 7. The molecule has 36 heavy (non-hydrogen) atoms. The van der Waals surface area contributed by atoms with Gasteiger partial charge in [-0.2, -0.15) is 0 Å². The van der Waals surface area contributed by atoms with Crippen LogP contribution in [0.25, 0.3) is 16.9 Å². The lowest BCUT2D eigenvalue weighted by molar-refractivity contribution is 0.0951. The summed E-state index contributed by atoms with van der Waals surface area (Å²) in [6.07, 6.45) is 8.85. The average Bonchev–Trinajstić information content (AvgIpc) is 3.41. The van der Waals surface area contributed by atoms with Gasteiger partial charge in [-0.1, -0.05) is 12.1 Å². The molecule has 0 aliphatic carbocycles. The average molecular weight is 481 g/mol. The fourth-order valence-electron chi connectivity index (χ4n) is 3.81. The lowest BCUT2D eigenvalue weighted by Gasteiger charge is -2.13. The van der Waals surface area contributed by atoms with Gasteiger partial charge in [0.1, 0.15) is 0 Å². The summed E-state index contributed by atoms with van der Waals surface area (Å²) in [5, 5.41) is 6.28. The molecule has 0 radical (unpaired) electrons. The van der Waals surface area contributed by atoms with Gasteiger partial charge in [0.25, 0.3) is 5.91 Å². The number of anilines is 2. The van der Waals surface area contributed by atoms with Crippen molar-refractivity contribution in [2.24, 2.45) is 0 Å². The highest BCUT2D eigenvalue weighted by Crippen LogP contribution is 2.32. The molecule has 0 aliphatic heterocycles. The van der Waals surface area contributed by atoms with Crippen LogP contribution in [0.1, 0.15) is 15.9 Å². The molecule has 0 saturated heterocycles. The third kappa shape index (κ3) is 4.80. The zero-order valence-electron chi connectivity index (χ0n) is 19.8. The van der Waals surface area contributed by atoms with Crippen molar-refractivity contribution in [1.29, 1.82) is 0 Å². The van der Waals surface area contributed by atoms with Gasteiger partial charge in [-0.05, 0) is 42.0 Å². The van der Waals surface area contributed by atoms with Crippen LogP contribution < -0.4 is 20.1 Å². The minimum atomic E-state index is -0.166. The van der Waals surface area contributed by atoms with Crippen molar-refractivity contribution in [3.63, 3.8) is 0 Å².